The maximum atomic E-state index is 11.4. The molecule has 50 valence electrons. The molecule has 0 amide bonds. The predicted molar refractivity (Wildman–Crippen MR) is 42.5 cm³/mol. The molecule has 0 aromatic rings. The summed E-state index contributed by atoms with van der Waals surface area (Å²) in [6.07, 6.45) is 0. The topological polar surface area (TPSA) is 17.1 Å². The van der Waals surface area contributed by atoms with Gasteiger partial charge >= 0.3 is 68.8 Å². The minimum absolute atomic E-state index is 0.441. The van der Waals surface area contributed by atoms with Crippen LogP contribution in [0.1, 0.15) is 0 Å². The van der Waals surface area contributed by atoms with Crippen molar-refractivity contribution >= 4 is 46.8 Å². The van der Waals surface area contributed by atoms with Gasteiger partial charge in [-0.3, -0.25) is 0 Å². The summed E-state index contributed by atoms with van der Waals surface area (Å²) in [6, 6.07) is 0. The Balaban J connectivity index is 3.79. The van der Waals surface area contributed by atoms with Crippen molar-refractivity contribution in [2.75, 3.05) is 0 Å². The molecule has 0 aliphatic heterocycles. The standard InChI is InChI=1S/C3H9OPSe3/c1-6-5(4,7-2)8-3/h1-3H3. The fourth-order valence-corrected chi connectivity index (χ4v) is 18.1. The van der Waals surface area contributed by atoms with Crippen LogP contribution < -0.4 is 0 Å². The number of hydrogen-bond donors (Lipinski definition) is 0. The summed E-state index contributed by atoms with van der Waals surface area (Å²) in [5, 5.41) is 0. The summed E-state index contributed by atoms with van der Waals surface area (Å²) >= 11 is 1.32. The molecule has 0 saturated carbocycles. The Kier molecular flexibility index (Phi) is 5.60. The molecule has 0 N–H and O–H groups in total. The summed E-state index contributed by atoms with van der Waals surface area (Å²) in [4.78, 5) is 0. The third-order valence-electron chi connectivity index (χ3n) is 0.671. The quantitative estimate of drug-likeness (QED) is 0.564. The van der Waals surface area contributed by atoms with Crippen LogP contribution in [0.3, 0.4) is 0 Å². The van der Waals surface area contributed by atoms with E-state index >= 15 is 0 Å². The van der Waals surface area contributed by atoms with E-state index in [1.54, 1.807) is 0 Å². The van der Waals surface area contributed by atoms with E-state index in [-0.39, 0.29) is 0 Å². The van der Waals surface area contributed by atoms with Gasteiger partial charge in [-0.15, -0.1) is 0 Å². The van der Waals surface area contributed by atoms with Crippen molar-refractivity contribution in [1.82, 2.24) is 0 Å². The van der Waals surface area contributed by atoms with Crippen LogP contribution in [0.5, 0.6) is 0 Å². The molecule has 0 unspecified atom stereocenters. The number of rotatable bonds is 3. The van der Waals surface area contributed by atoms with Gasteiger partial charge in [0, 0.05) is 0 Å². The molecule has 0 atom stereocenters. The fraction of sp³-hybridized carbons (Fsp3) is 1.00. The third-order valence-corrected chi connectivity index (χ3v) is 39.7. The summed E-state index contributed by atoms with van der Waals surface area (Å²) in [5.41, 5.74) is 0. The third kappa shape index (κ3) is 3.08. The van der Waals surface area contributed by atoms with Gasteiger partial charge in [-0.25, -0.2) is 0 Å². The van der Waals surface area contributed by atoms with Crippen molar-refractivity contribution in [2.24, 2.45) is 0 Å². The zero-order chi connectivity index (χ0) is 6.62. The molecule has 0 rings (SSSR count). The van der Waals surface area contributed by atoms with E-state index < -0.39 is 3.21 Å². The number of hydrogen-bond acceptors (Lipinski definition) is 1. The van der Waals surface area contributed by atoms with Crippen LogP contribution in [0, 0.1) is 0 Å². The molecule has 8 heavy (non-hydrogen) atoms. The molecule has 0 radical (unpaired) electrons. The Morgan fingerprint density at radius 2 is 1.25 bits per heavy atom. The van der Waals surface area contributed by atoms with Crippen LogP contribution in [0.15, 0.2) is 0 Å². The maximum absolute atomic E-state index is 11.4. The van der Waals surface area contributed by atoms with E-state index in [0.29, 0.717) is 43.5 Å². The van der Waals surface area contributed by atoms with Crippen LogP contribution in [-0.2, 0) is 4.57 Å². The Morgan fingerprint density at radius 3 is 1.25 bits per heavy atom. The van der Waals surface area contributed by atoms with Crippen molar-refractivity contribution in [1.29, 1.82) is 0 Å². The van der Waals surface area contributed by atoms with Gasteiger partial charge in [0.15, 0.2) is 0 Å². The van der Waals surface area contributed by atoms with Gasteiger partial charge in [0.05, 0.1) is 0 Å². The van der Waals surface area contributed by atoms with Gasteiger partial charge < -0.3 is 0 Å². The van der Waals surface area contributed by atoms with Gasteiger partial charge in [0.25, 0.3) is 0 Å². The molecule has 5 heteroatoms. The first-order valence-electron chi connectivity index (χ1n) is 1.96. The molecular weight excluding hydrogens is 320 g/mol. The molecule has 0 saturated heterocycles. The molecule has 0 aromatic carbocycles. The van der Waals surface area contributed by atoms with Crippen molar-refractivity contribution in [3.63, 3.8) is 0 Å². The summed E-state index contributed by atoms with van der Waals surface area (Å²) < 4.78 is 9.93. The Bertz CT molecular complexity index is 85.7. The second kappa shape index (κ2) is 4.58. The van der Waals surface area contributed by atoms with E-state index in [4.69, 9.17) is 0 Å². The molecule has 0 fully saturated rings. The van der Waals surface area contributed by atoms with Crippen LogP contribution >= 0.6 is 3.21 Å². The monoisotopic (exact) mass is 332 g/mol. The molecule has 0 heterocycles. The van der Waals surface area contributed by atoms with Gasteiger partial charge in [-0.05, 0) is 0 Å². The van der Waals surface area contributed by atoms with E-state index in [0.717, 1.165) is 0 Å². The Labute approximate surface area is 68.4 Å². The summed E-state index contributed by atoms with van der Waals surface area (Å²) in [5.74, 6) is 6.30. The molecule has 1 nitrogen and oxygen atoms in total. The van der Waals surface area contributed by atoms with E-state index in [9.17, 15) is 4.57 Å². The average molecular weight is 329 g/mol. The summed E-state index contributed by atoms with van der Waals surface area (Å²) in [7, 11) is 0. The van der Waals surface area contributed by atoms with Crippen molar-refractivity contribution in [2.45, 2.75) is 17.5 Å². The first kappa shape index (κ1) is 9.79. The first-order chi connectivity index (χ1) is 3.68. The van der Waals surface area contributed by atoms with Crippen molar-refractivity contribution in [3.05, 3.63) is 0 Å². The molecule has 0 spiro atoms. The van der Waals surface area contributed by atoms with Gasteiger partial charge in [0.2, 0.25) is 0 Å². The molecule has 0 aliphatic carbocycles. The Hall–Kier alpha value is 1.79. The van der Waals surface area contributed by atoms with Crippen LogP contribution in [0.25, 0.3) is 0 Å². The van der Waals surface area contributed by atoms with Crippen molar-refractivity contribution in [3.8, 4) is 0 Å². The zero-order valence-electron chi connectivity index (χ0n) is 5.08. The molecule has 0 aromatic heterocycles. The summed E-state index contributed by atoms with van der Waals surface area (Å²) in [6.45, 7) is 0. The van der Waals surface area contributed by atoms with Gasteiger partial charge in [-0.1, -0.05) is 0 Å². The molecule has 0 bridgehead atoms. The zero-order valence-corrected chi connectivity index (χ0v) is 11.1. The average Bonchev–Trinajstić information content (AvgIpc) is 1.87. The first-order valence-corrected chi connectivity index (χ1v) is 15.4. The van der Waals surface area contributed by atoms with Gasteiger partial charge in [0.1, 0.15) is 0 Å². The van der Waals surface area contributed by atoms with Gasteiger partial charge in [-0.2, -0.15) is 0 Å². The van der Waals surface area contributed by atoms with Crippen LogP contribution in [0.2, 0.25) is 17.5 Å². The second-order valence-electron chi connectivity index (χ2n) is 0.995. The second-order valence-corrected chi connectivity index (χ2v) is 30.1. The fourth-order valence-electron chi connectivity index (χ4n) is 0.224. The van der Waals surface area contributed by atoms with E-state index in [1.165, 1.54) is 0 Å². The van der Waals surface area contributed by atoms with Crippen LogP contribution in [-0.4, -0.2) is 43.5 Å². The van der Waals surface area contributed by atoms with Crippen LogP contribution in [0.4, 0.5) is 0 Å². The minimum atomic E-state index is -1.47. The van der Waals surface area contributed by atoms with E-state index in [2.05, 4.69) is 17.5 Å². The Morgan fingerprint density at radius 1 is 1.00 bits per heavy atom. The normalized spacial score (nSPS) is 11.9. The van der Waals surface area contributed by atoms with Crippen molar-refractivity contribution < 1.29 is 4.57 Å². The molecule has 0 aliphatic rings. The predicted octanol–water partition coefficient (Wildman–Crippen LogP) is 1.35. The molecular formula is C3H9OPSe3. The van der Waals surface area contributed by atoms with E-state index in [1.807, 2.05) is 0 Å². The SMILES string of the molecule is C[Se]P(=O)([Se]C)[Se]C.